The Kier molecular flexibility index (Phi) is 8.03. The van der Waals surface area contributed by atoms with Gasteiger partial charge in [-0.3, -0.25) is 9.59 Å². The number of carbonyl (C=O) groups excluding carboxylic acids is 2. The normalized spacial score (nSPS) is 10.8. The first kappa shape index (κ1) is 21.1. The molecule has 0 unspecified atom stereocenters. The molecule has 0 bridgehead atoms. The highest BCUT2D eigenvalue weighted by Gasteiger charge is 2.14. The van der Waals surface area contributed by atoms with Gasteiger partial charge in [-0.1, -0.05) is 60.7 Å². The molecule has 0 aliphatic heterocycles. The summed E-state index contributed by atoms with van der Waals surface area (Å²) in [5.74, 6) is 0.374. The lowest BCUT2D eigenvalue weighted by molar-refractivity contribution is -0.131. The van der Waals surface area contributed by atoms with Crippen LogP contribution in [0.25, 0.3) is 6.08 Å². The maximum atomic E-state index is 12.8. The second kappa shape index (κ2) is 11.4. The van der Waals surface area contributed by atoms with Crippen molar-refractivity contribution in [1.82, 2.24) is 10.2 Å². The third-order valence-corrected chi connectivity index (χ3v) is 4.66. The lowest BCUT2D eigenvalue weighted by Crippen LogP contribution is -2.35. The fourth-order valence-electron chi connectivity index (χ4n) is 3.06. The number of benzene rings is 2. The molecule has 3 aromatic rings. The SMILES string of the molecule is O=C(/C=C/c1ccco1)NCCC(=O)N(CCc1ccccc1)Cc1ccccc1. The van der Waals surface area contributed by atoms with Crippen molar-refractivity contribution >= 4 is 17.9 Å². The van der Waals surface area contributed by atoms with E-state index in [4.69, 9.17) is 4.42 Å². The van der Waals surface area contributed by atoms with E-state index in [1.165, 1.54) is 11.6 Å². The van der Waals surface area contributed by atoms with Crippen LogP contribution in [0.2, 0.25) is 0 Å². The molecular formula is C25H26N2O3. The van der Waals surface area contributed by atoms with E-state index in [-0.39, 0.29) is 24.8 Å². The molecule has 2 amide bonds. The predicted molar refractivity (Wildman–Crippen MR) is 117 cm³/mol. The molecule has 0 aliphatic rings. The monoisotopic (exact) mass is 402 g/mol. The van der Waals surface area contributed by atoms with E-state index in [0.717, 1.165) is 12.0 Å². The fourth-order valence-corrected chi connectivity index (χ4v) is 3.06. The molecule has 5 nitrogen and oxygen atoms in total. The molecule has 3 rings (SSSR count). The van der Waals surface area contributed by atoms with Gasteiger partial charge in [0.1, 0.15) is 5.76 Å². The van der Waals surface area contributed by atoms with Crippen LogP contribution in [-0.4, -0.2) is 29.8 Å². The molecule has 154 valence electrons. The van der Waals surface area contributed by atoms with Crippen LogP contribution >= 0.6 is 0 Å². The van der Waals surface area contributed by atoms with Crippen LogP contribution in [0.3, 0.4) is 0 Å². The first-order valence-corrected chi connectivity index (χ1v) is 10.1. The molecule has 0 atom stereocenters. The molecule has 30 heavy (non-hydrogen) atoms. The van der Waals surface area contributed by atoms with Gasteiger partial charge in [0.2, 0.25) is 11.8 Å². The minimum absolute atomic E-state index is 0.0186. The average molecular weight is 402 g/mol. The first-order valence-electron chi connectivity index (χ1n) is 10.1. The van der Waals surface area contributed by atoms with E-state index in [0.29, 0.717) is 18.8 Å². The Balaban J connectivity index is 1.52. The second-order valence-electron chi connectivity index (χ2n) is 6.93. The maximum Gasteiger partial charge on any atom is 0.244 e. The van der Waals surface area contributed by atoms with Crippen molar-refractivity contribution in [3.8, 4) is 0 Å². The molecule has 0 spiro atoms. The summed E-state index contributed by atoms with van der Waals surface area (Å²) in [5, 5.41) is 2.75. The number of nitrogens with one attached hydrogen (secondary N) is 1. The molecule has 1 heterocycles. The van der Waals surface area contributed by atoms with Crippen molar-refractivity contribution in [1.29, 1.82) is 0 Å². The number of carbonyl (C=O) groups is 2. The highest BCUT2D eigenvalue weighted by Crippen LogP contribution is 2.09. The Morgan fingerprint density at radius 1 is 0.900 bits per heavy atom. The van der Waals surface area contributed by atoms with Crippen molar-refractivity contribution in [2.75, 3.05) is 13.1 Å². The maximum absolute atomic E-state index is 12.8. The van der Waals surface area contributed by atoms with Crippen LogP contribution in [0.15, 0.2) is 89.6 Å². The Bertz CT molecular complexity index is 935. The molecule has 2 aromatic carbocycles. The number of hydrogen-bond donors (Lipinski definition) is 1. The standard InChI is InChI=1S/C25H26N2O3/c28-24(14-13-23-12-7-19-30-23)26-17-15-25(29)27(20-22-10-5-2-6-11-22)18-16-21-8-3-1-4-9-21/h1-14,19H,15-18,20H2,(H,26,28)/b14-13+. The van der Waals surface area contributed by atoms with E-state index in [1.54, 1.807) is 24.5 Å². The highest BCUT2D eigenvalue weighted by molar-refractivity contribution is 5.91. The molecule has 1 aromatic heterocycles. The van der Waals surface area contributed by atoms with Crippen LogP contribution in [0, 0.1) is 0 Å². The number of nitrogens with zero attached hydrogens (tertiary/aromatic N) is 1. The number of furan rings is 1. The van der Waals surface area contributed by atoms with Gasteiger partial charge in [-0.05, 0) is 35.8 Å². The summed E-state index contributed by atoms with van der Waals surface area (Å²) in [6.07, 6.45) is 5.59. The lowest BCUT2D eigenvalue weighted by atomic mass is 10.1. The van der Waals surface area contributed by atoms with Gasteiger partial charge < -0.3 is 14.6 Å². The third kappa shape index (κ3) is 7.09. The minimum atomic E-state index is -0.252. The van der Waals surface area contributed by atoms with Crippen LogP contribution in [-0.2, 0) is 22.6 Å². The average Bonchev–Trinajstić information content (AvgIpc) is 3.30. The zero-order chi connectivity index (χ0) is 21.0. The Morgan fingerprint density at radius 2 is 1.60 bits per heavy atom. The van der Waals surface area contributed by atoms with E-state index in [1.807, 2.05) is 53.4 Å². The summed E-state index contributed by atoms with van der Waals surface area (Å²) in [6, 6.07) is 23.6. The van der Waals surface area contributed by atoms with Gasteiger partial charge in [-0.2, -0.15) is 0 Å². The van der Waals surface area contributed by atoms with Crippen LogP contribution < -0.4 is 5.32 Å². The number of hydrogen-bond acceptors (Lipinski definition) is 3. The topological polar surface area (TPSA) is 62.6 Å². The first-order chi connectivity index (χ1) is 14.7. The van der Waals surface area contributed by atoms with Crippen LogP contribution in [0.4, 0.5) is 0 Å². The molecule has 0 saturated carbocycles. The van der Waals surface area contributed by atoms with Crippen molar-refractivity contribution in [2.45, 2.75) is 19.4 Å². The summed E-state index contributed by atoms with van der Waals surface area (Å²) < 4.78 is 5.15. The Morgan fingerprint density at radius 3 is 2.27 bits per heavy atom. The Labute approximate surface area is 177 Å². The van der Waals surface area contributed by atoms with Crippen LogP contribution in [0.1, 0.15) is 23.3 Å². The lowest BCUT2D eigenvalue weighted by Gasteiger charge is -2.23. The van der Waals surface area contributed by atoms with Gasteiger partial charge in [0.15, 0.2) is 0 Å². The van der Waals surface area contributed by atoms with Gasteiger partial charge >= 0.3 is 0 Å². The quantitative estimate of drug-likeness (QED) is 0.520. The molecule has 1 N–H and O–H groups in total. The van der Waals surface area contributed by atoms with Crippen molar-refractivity contribution < 1.29 is 14.0 Å². The summed E-state index contributed by atoms with van der Waals surface area (Å²) >= 11 is 0. The van der Waals surface area contributed by atoms with E-state index >= 15 is 0 Å². The Hall–Kier alpha value is -3.60. The third-order valence-electron chi connectivity index (χ3n) is 4.66. The largest absolute Gasteiger partial charge is 0.465 e. The van der Waals surface area contributed by atoms with E-state index < -0.39 is 0 Å². The summed E-state index contributed by atoms with van der Waals surface area (Å²) in [5.41, 5.74) is 2.28. The van der Waals surface area contributed by atoms with Gasteiger partial charge in [0.05, 0.1) is 6.26 Å². The summed E-state index contributed by atoms with van der Waals surface area (Å²) in [6.45, 7) is 1.47. The summed E-state index contributed by atoms with van der Waals surface area (Å²) in [7, 11) is 0. The van der Waals surface area contributed by atoms with E-state index in [9.17, 15) is 9.59 Å². The zero-order valence-corrected chi connectivity index (χ0v) is 16.9. The fraction of sp³-hybridized carbons (Fsp3) is 0.200. The molecule has 0 aliphatic carbocycles. The van der Waals surface area contributed by atoms with Crippen molar-refractivity contribution in [3.63, 3.8) is 0 Å². The minimum Gasteiger partial charge on any atom is -0.465 e. The van der Waals surface area contributed by atoms with Gasteiger partial charge in [-0.15, -0.1) is 0 Å². The molecule has 0 radical (unpaired) electrons. The number of amides is 2. The molecular weight excluding hydrogens is 376 g/mol. The van der Waals surface area contributed by atoms with Crippen LogP contribution in [0.5, 0.6) is 0 Å². The molecule has 5 heteroatoms. The van der Waals surface area contributed by atoms with E-state index in [2.05, 4.69) is 17.4 Å². The second-order valence-corrected chi connectivity index (χ2v) is 6.93. The zero-order valence-electron chi connectivity index (χ0n) is 16.9. The number of rotatable bonds is 10. The van der Waals surface area contributed by atoms with Gasteiger partial charge in [-0.25, -0.2) is 0 Å². The van der Waals surface area contributed by atoms with Gasteiger partial charge in [0, 0.05) is 32.1 Å². The van der Waals surface area contributed by atoms with Crippen molar-refractivity contribution in [3.05, 3.63) is 102 Å². The summed E-state index contributed by atoms with van der Waals surface area (Å²) in [4.78, 5) is 26.6. The van der Waals surface area contributed by atoms with Gasteiger partial charge in [0.25, 0.3) is 0 Å². The molecule has 0 fully saturated rings. The van der Waals surface area contributed by atoms with Crippen molar-refractivity contribution in [2.24, 2.45) is 0 Å². The highest BCUT2D eigenvalue weighted by atomic mass is 16.3. The molecule has 0 saturated heterocycles. The smallest absolute Gasteiger partial charge is 0.244 e. The predicted octanol–water partition coefficient (Wildman–Crippen LogP) is 4.07.